The Labute approximate surface area is 98.2 Å². The van der Waals surface area contributed by atoms with E-state index in [0.717, 1.165) is 25.7 Å². The van der Waals surface area contributed by atoms with Gasteiger partial charge in [0, 0.05) is 4.79 Å². The SMILES string of the molecule is CCCCCCCC[O+]([O-])C(=O)OCCC. The Kier molecular flexibility index (Phi) is 10.2. The van der Waals surface area contributed by atoms with Crippen LogP contribution in [0.1, 0.15) is 58.8 Å². The van der Waals surface area contributed by atoms with Crippen molar-refractivity contribution in [2.24, 2.45) is 0 Å². The van der Waals surface area contributed by atoms with Crippen LogP contribution < -0.4 is 5.26 Å². The number of hydrogen-bond acceptors (Lipinski definition) is 3. The zero-order chi connectivity index (χ0) is 12.2. The smallest absolute Gasteiger partial charge is 0.626 e. The molecule has 0 aromatic carbocycles. The number of rotatable bonds is 9. The van der Waals surface area contributed by atoms with Gasteiger partial charge in [-0.25, -0.2) is 0 Å². The van der Waals surface area contributed by atoms with Crippen molar-refractivity contribution in [3.63, 3.8) is 0 Å². The lowest BCUT2D eigenvalue weighted by molar-refractivity contribution is -0.760. The molecule has 0 saturated heterocycles. The normalized spacial score (nSPS) is 10.2. The van der Waals surface area contributed by atoms with Gasteiger partial charge < -0.3 is 14.5 Å². The van der Waals surface area contributed by atoms with Gasteiger partial charge in [0.15, 0.2) is 6.61 Å². The maximum absolute atomic E-state index is 11.1. The molecule has 0 aliphatic rings. The van der Waals surface area contributed by atoms with Crippen molar-refractivity contribution >= 4 is 6.16 Å². The first-order valence-corrected chi connectivity index (χ1v) is 6.27. The molecule has 0 radical (unpaired) electrons. The van der Waals surface area contributed by atoms with E-state index in [4.69, 9.17) is 0 Å². The minimum absolute atomic E-state index is 0.175. The van der Waals surface area contributed by atoms with E-state index in [1.807, 2.05) is 6.92 Å². The van der Waals surface area contributed by atoms with Crippen LogP contribution in [0.5, 0.6) is 0 Å². The number of ether oxygens (including phenoxy) is 1. The summed E-state index contributed by atoms with van der Waals surface area (Å²) in [4.78, 5) is 11.0. The fraction of sp³-hybridized carbons (Fsp3) is 0.917. The van der Waals surface area contributed by atoms with E-state index >= 15 is 0 Å². The molecule has 0 aromatic rings. The van der Waals surface area contributed by atoms with E-state index in [2.05, 4.69) is 11.7 Å². The maximum Gasteiger partial charge on any atom is 0.727 e. The van der Waals surface area contributed by atoms with Crippen LogP contribution in [0.3, 0.4) is 0 Å². The second-order valence-electron chi connectivity index (χ2n) is 3.92. The third-order valence-electron chi connectivity index (χ3n) is 2.29. The summed E-state index contributed by atoms with van der Waals surface area (Å²) < 4.78 is 5.91. The van der Waals surface area contributed by atoms with Crippen LogP contribution in [-0.2, 0) is 9.25 Å². The average Bonchev–Trinajstić information content (AvgIpc) is 2.30. The van der Waals surface area contributed by atoms with Crippen molar-refractivity contribution in [2.75, 3.05) is 13.2 Å². The topological polar surface area (TPSA) is 52.1 Å². The summed E-state index contributed by atoms with van der Waals surface area (Å²) in [6.07, 6.45) is 6.43. The lowest BCUT2D eigenvalue weighted by Crippen LogP contribution is -2.34. The van der Waals surface area contributed by atoms with Crippen LogP contribution in [0.25, 0.3) is 0 Å². The molecule has 4 nitrogen and oxygen atoms in total. The van der Waals surface area contributed by atoms with Gasteiger partial charge in [-0.05, 0) is 19.3 Å². The molecule has 4 heteroatoms. The molecule has 0 rings (SSSR count). The molecule has 16 heavy (non-hydrogen) atoms. The Balaban J connectivity index is 3.35. The van der Waals surface area contributed by atoms with E-state index in [-0.39, 0.29) is 6.61 Å². The molecule has 0 unspecified atom stereocenters. The van der Waals surface area contributed by atoms with E-state index in [9.17, 15) is 10.1 Å². The molecular weight excluding hydrogens is 208 g/mol. The molecule has 0 aliphatic heterocycles. The molecule has 0 aromatic heterocycles. The number of carbonyl (C=O) groups excluding carboxylic acids is 1. The van der Waals surface area contributed by atoms with Crippen LogP contribution in [0, 0.1) is 0 Å². The van der Waals surface area contributed by atoms with Crippen molar-refractivity contribution in [1.82, 2.24) is 0 Å². The summed E-state index contributed by atoms with van der Waals surface area (Å²) in [7, 11) is 0. The van der Waals surface area contributed by atoms with E-state index in [1.165, 1.54) is 23.8 Å². The van der Waals surface area contributed by atoms with Gasteiger partial charge in [0.25, 0.3) is 0 Å². The zero-order valence-electron chi connectivity index (χ0n) is 10.5. The maximum atomic E-state index is 11.1. The van der Waals surface area contributed by atoms with Crippen molar-refractivity contribution in [2.45, 2.75) is 58.8 Å². The van der Waals surface area contributed by atoms with E-state index < -0.39 is 6.16 Å². The van der Waals surface area contributed by atoms with Gasteiger partial charge in [0.2, 0.25) is 0 Å². The molecule has 0 spiro atoms. The minimum Gasteiger partial charge on any atom is -0.626 e. The predicted molar refractivity (Wildman–Crippen MR) is 61.0 cm³/mol. The highest BCUT2D eigenvalue weighted by Gasteiger charge is 2.15. The van der Waals surface area contributed by atoms with Gasteiger partial charge in [-0.3, -0.25) is 0 Å². The standard InChI is InChI=1S/C12H24O4/c1-3-5-6-7-8-9-11-16(14)12(13)15-10-4-2/h3-11H2,1-2H3. The summed E-state index contributed by atoms with van der Waals surface area (Å²) in [5.41, 5.74) is 0. The quantitative estimate of drug-likeness (QED) is 0.202. The van der Waals surface area contributed by atoms with Gasteiger partial charge in [-0.15, -0.1) is 0 Å². The fourth-order valence-electron chi connectivity index (χ4n) is 1.35. The van der Waals surface area contributed by atoms with Gasteiger partial charge in [0.05, 0.1) is 6.61 Å². The largest absolute Gasteiger partial charge is 0.727 e. The first-order valence-electron chi connectivity index (χ1n) is 6.27. The number of carbonyl (C=O) groups is 1. The molecule has 0 N–H and O–H groups in total. The molecule has 0 saturated carbocycles. The second kappa shape index (κ2) is 10.7. The highest BCUT2D eigenvalue weighted by atomic mass is 17.3. The van der Waals surface area contributed by atoms with Crippen molar-refractivity contribution < 1.29 is 19.3 Å². The van der Waals surface area contributed by atoms with Crippen molar-refractivity contribution in [1.29, 1.82) is 0 Å². The predicted octanol–water partition coefficient (Wildman–Crippen LogP) is 2.72. The first-order chi connectivity index (χ1) is 7.72. The minimum atomic E-state index is -0.824. The summed E-state index contributed by atoms with van der Waals surface area (Å²) in [6, 6.07) is 0. The number of hydrogen-bond donors (Lipinski definition) is 0. The molecule has 0 fully saturated rings. The van der Waals surface area contributed by atoms with Crippen LogP contribution in [0.15, 0.2) is 0 Å². The van der Waals surface area contributed by atoms with Crippen LogP contribution in [-0.4, -0.2) is 19.4 Å². The Bertz CT molecular complexity index is 170. The first kappa shape index (κ1) is 15.2. The van der Waals surface area contributed by atoms with Gasteiger partial charge >= 0.3 is 6.16 Å². The number of unbranched alkanes of at least 4 members (excludes halogenated alkanes) is 5. The zero-order valence-corrected chi connectivity index (χ0v) is 10.5. The summed E-state index contributed by atoms with van der Waals surface area (Å²) >= 11 is 0. The second-order valence-corrected chi connectivity index (χ2v) is 3.92. The third-order valence-corrected chi connectivity index (χ3v) is 2.29. The van der Waals surface area contributed by atoms with Crippen LogP contribution in [0.2, 0.25) is 0 Å². The lowest BCUT2D eigenvalue weighted by Gasteiger charge is -2.24. The van der Waals surface area contributed by atoms with Gasteiger partial charge in [0.1, 0.15) is 0 Å². The van der Waals surface area contributed by atoms with Crippen LogP contribution in [0.4, 0.5) is 4.79 Å². The Morgan fingerprint density at radius 2 is 1.69 bits per heavy atom. The molecule has 96 valence electrons. The monoisotopic (exact) mass is 232 g/mol. The van der Waals surface area contributed by atoms with Crippen molar-refractivity contribution in [3.05, 3.63) is 0 Å². The Morgan fingerprint density at radius 3 is 2.31 bits per heavy atom. The van der Waals surface area contributed by atoms with E-state index in [0.29, 0.717) is 6.61 Å². The summed E-state index contributed by atoms with van der Waals surface area (Å²) in [6.45, 7) is 4.54. The average molecular weight is 232 g/mol. The highest BCUT2D eigenvalue weighted by Crippen LogP contribution is 2.06. The molecule has 0 amide bonds. The van der Waals surface area contributed by atoms with Gasteiger partial charge in [-0.1, -0.05) is 39.5 Å². The highest BCUT2D eigenvalue weighted by molar-refractivity contribution is 5.60. The lowest BCUT2D eigenvalue weighted by atomic mass is 10.1. The Hall–Kier alpha value is -0.770. The summed E-state index contributed by atoms with van der Waals surface area (Å²) in [5, 5.41) is 11.1. The van der Waals surface area contributed by atoms with E-state index in [1.54, 1.807) is 0 Å². The van der Waals surface area contributed by atoms with Crippen LogP contribution >= 0.6 is 0 Å². The fourth-order valence-corrected chi connectivity index (χ4v) is 1.35. The summed E-state index contributed by atoms with van der Waals surface area (Å²) in [5.74, 6) is 0. The van der Waals surface area contributed by atoms with Crippen molar-refractivity contribution in [3.8, 4) is 0 Å². The molecular formula is C12H24O4. The Morgan fingerprint density at radius 1 is 1.06 bits per heavy atom. The molecule has 0 aliphatic carbocycles. The molecule has 0 atom stereocenters. The molecule has 0 heterocycles. The van der Waals surface area contributed by atoms with Gasteiger partial charge in [-0.2, -0.15) is 0 Å². The molecule has 0 bridgehead atoms. The third kappa shape index (κ3) is 8.53.